The quantitative estimate of drug-likeness (QED) is 0.487. The van der Waals surface area contributed by atoms with Crippen LogP contribution in [0.3, 0.4) is 0 Å². The fraction of sp³-hybridized carbons (Fsp3) is 1.00. The molecular formula is C4H7FS. The van der Waals surface area contributed by atoms with Crippen molar-refractivity contribution in [1.29, 1.82) is 0 Å². The summed E-state index contributed by atoms with van der Waals surface area (Å²) in [6.07, 6.45) is 2.27. The zero-order valence-corrected chi connectivity index (χ0v) is 4.46. The largest absolute Gasteiger partial charge is 0.246 e. The Bertz CT molecular complexity index is 53.5. The van der Waals surface area contributed by atoms with Gasteiger partial charge in [-0.2, -0.15) is 11.8 Å². The van der Waals surface area contributed by atoms with Gasteiger partial charge in [-0.25, -0.2) is 4.39 Å². The molecule has 1 aliphatic carbocycles. The lowest BCUT2D eigenvalue weighted by Gasteiger charge is -1.77. The van der Waals surface area contributed by atoms with Crippen molar-refractivity contribution >= 4 is 11.8 Å². The van der Waals surface area contributed by atoms with Crippen LogP contribution in [0, 0.1) is 0 Å². The summed E-state index contributed by atoms with van der Waals surface area (Å²) in [5, 5.41) is 0.352. The topological polar surface area (TPSA) is 0 Å². The molecule has 1 fully saturated rings. The number of hydrogen-bond donors (Lipinski definition) is 0. The van der Waals surface area contributed by atoms with Gasteiger partial charge in [-0.15, -0.1) is 0 Å². The van der Waals surface area contributed by atoms with Crippen LogP contribution in [0.5, 0.6) is 0 Å². The molecule has 0 aromatic carbocycles. The Balaban J connectivity index is 2.09. The second-order valence-corrected chi connectivity index (χ2v) is 2.60. The third kappa shape index (κ3) is 0.672. The van der Waals surface area contributed by atoms with Crippen molar-refractivity contribution in [2.24, 2.45) is 0 Å². The highest BCUT2D eigenvalue weighted by Gasteiger charge is 2.36. The van der Waals surface area contributed by atoms with E-state index in [9.17, 15) is 4.39 Å². The van der Waals surface area contributed by atoms with Crippen LogP contribution in [0.25, 0.3) is 0 Å². The third-order valence-electron chi connectivity index (χ3n) is 0.961. The molecular weight excluding hydrogens is 99.1 g/mol. The van der Waals surface area contributed by atoms with Crippen molar-refractivity contribution in [3.63, 3.8) is 0 Å². The average Bonchev–Trinajstić information content (AvgIpc) is 2.19. The first kappa shape index (κ1) is 4.44. The zero-order valence-electron chi connectivity index (χ0n) is 3.65. The lowest BCUT2D eigenvalue weighted by atomic mass is 10.9. The van der Waals surface area contributed by atoms with Crippen LogP contribution in [-0.4, -0.2) is 17.7 Å². The highest BCUT2D eigenvalue weighted by atomic mass is 32.2. The molecule has 2 unspecified atom stereocenters. The van der Waals surface area contributed by atoms with E-state index in [1.807, 2.05) is 6.26 Å². The number of alkyl halides is 1. The zero-order chi connectivity index (χ0) is 4.57. The molecule has 0 saturated heterocycles. The molecule has 2 heteroatoms. The van der Waals surface area contributed by atoms with Crippen molar-refractivity contribution < 1.29 is 4.39 Å². The van der Waals surface area contributed by atoms with Gasteiger partial charge in [-0.1, -0.05) is 0 Å². The van der Waals surface area contributed by atoms with Gasteiger partial charge in [-0.05, 0) is 12.7 Å². The highest BCUT2D eigenvalue weighted by Crippen LogP contribution is 2.35. The normalized spacial score (nSPS) is 43.0. The molecule has 2 atom stereocenters. The standard InChI is InChI=1S/C4H7FS/c1-6-4-2-3(4)5/h3-4H,2H2,1H3. The second-order valence-electron chi connectivity index (χ2n) is 1.53. The number of thioether (sulfide) groups is 1. The Morgan fingerprint density at radius 2 is 2.33 bits per heavy atom. The summed E-state index contributed by atoms with van der Waals surface area (Å²) in [5.41, 5.74) is 0. The van der Waals surface area contributed by atoms with E-state index < -0.39 is 6.17 Å². The van der Waals surface area contributed by atoms with Gasteiger partial charge in [0.2, 0.25) is 0 Å². The monoisotopic (exact) mass is 106 g/mol. The van der Waals surface area contributed by atoms with Gasteiger partial charge < -0.3 is 0 Å². The number of rotatable bonds is 1. The molecule has 6 heavy (non-hydrogen) atoms. The van der Waals surface area contributed by atoms with Crippen molar-refractivity contribution in [1.82, 2.24) is 0 Å². The van der Waals surface area contributed by atoms with Crippen LogP contribution < -0.4 is 0 Å². The molecule has 1 saturated carbocycles. The maximum atomic E-state index is 11.8. The van der Waals surface area contributed by atoms with E-state index >= 15 is 0 Å². The summed E-state index contributed by atoms with van der Waals surface area (Å²) < 4.78 is 11.8. The summed E-state index contributed by atoms with van der Waals surface area (Å²) in [6, 6.07) is 0. The minimum Gasteiger partial charge on any atom is -0.246 e. The Morgan fingerprint density at radius 1 is 1.83 bits per heavy atom. The molecule has 0 bridgehead atoms. The van der Waals surface area contributed by atoms with Crippen LogP contribution >= 0.6 is 11.8 Å². The first-order valence-electron chi connectivity index (χ1n) is 2.01. The van der Waals surface area contributed by atoms with E-state index in [0.29, 0.717) is 5.25 Å². The molecule has 0 aromatic heterocycles. The fourth-order valence-electron chi connectivity index (χ4n) is 0.387. The third-order valence-corrected chi connectivity index (χ3v) is 2.05. The Labute approximate surface area is 41.1 Å². The highest BCUT2D eigenvalue weighted by molar-refractivity contribution is 7.99. The minimum absolute atomic E-state index is 0.352. The van der Waals surface area contributed by atoms with Crippen LogP contribution in [0.15, 0.2) is 0 Å². The molecule has 0 aliphatic heterocycles. The molecule has 0 radical (unpaired) electrons. The van der Waals surface area contributed by atoms with E-state index in [1.54, 1.807) is 11.8 Å². The summed E-state index contributed by atoms with van der Waals surface area (Å²) in [5.74, 6) is 0. The van der Waals surface area contributed by atoms with Crippen molar-refractivity contribution in [3.05, 3.63) is 0 Å². The maximum absolute atomic E-state index is 11.8. The second kappa shape index (κ2) is 1.41. The first-order valence-corrected chi connectivity index (χ1v) is 3.30. The summed E-state index contributed by atoms with van der Waals surface area (Å²) in [7, 11) is 0. The van der Waals surface area contributed by atoms with Crippen LogP contribution in [0.2, 0.25) is 0 Å². The van der Waals surface area contributed by atoms with Crippen LogP contribution in [0.1, 0.15) is 6.42 Å². The lowest BCUT2D eigenvalue weighted by molar-refractivity contribution is 0.482. The predicted molar refractivity (Wildman–Crippen MR) is 26.8 cm³/mol. The van der Waals surface area contributed by atoms with E-state index in [4.69, 9.17) is 0 Å². The van der Waals surface area contributed by atoms with Gasteiger partial charge in [0.25, 0.3) is 0 Å². The van der Waals surface area contributed by atoms with Gasteiger partial charge in [0.1, 0.15) is 6.17 Å². The Kier molecular flexibility index (Phi) is 1.04. The van der Waals surface area contributed by atoms with E-state index in [0.717, 1.165) is 6.42 Å². The molecule has 36 valence electrons. The molecule has 0 amide bonds. The minimum atomic E-state index is -0.472. The molecule has 0 spiro atoms. The SMILES string of the molecule is CSC1CC1F. The Morgan fingerprint density at radius 3 is 2.33 bits per heavy atom. The lowest BCUT2D eigenvalue weighted by Crippen LogP contribution is -1.73. The van der Waals surface area contributed by atoms with Crippen LogP contribution in [0.4, 0.5) is 4.39 Å². The summed E-state index contributed by atoms with van der Waals surface area (Å²) >= 11 is 1.62. The van der Waals surface area contributed by atoms with E-state index in [1.165, 1.54) is 0 Å². The predicted octanol–water partition coefficient (Wildman–Crippen LogP) is 1.46. The number of halogens is 1. The average molecular weight is 106 g/mol. The van der Waals surface area contributed by atoms with E-state index in [2.05, 4.69) is 0 Å². The summed E-state index contributed by atoms with van der Waals surface area (Å²) in [4.78, 5) is 0. The molecule has 0 N–H and O–H groups in total. The maximum Gasteiger partial charge on any atom is 0.113 e. The molecule has 0 nitrogen and oxygen atoms in total. The van der Waals surface area contributed by atoms with Crippen molar-refractivity contribution in [2.75, 3.05) is 6.26 Å². The van der Waals surface area contributed by atoms with Crippen molar-refractivity contribution in [2.45, 2.75) is 17.8 Å². The van der Waals surface area contributed by atoms with Gasteiger partial charge >= 0.3 is 0 Å². The fourth-order valence-corrected chi connectivity index (χ4v) is 1.06. The molecule has 0 aromatic rings. The van der Waals surface area contributed by atoms with Gasteiger partial charge in [0.15, 0.2) is 0 Å². The van der Waals surface area contributed by atoms with E-state index in [-0.39, 0.29) is 0 Å². The number of hydrogen-bond acceptors (Lipinski definition) is 1. The smallest absolute Gasteiger partial charge is 0.113 e. The van der Waals surface area contributed by atoms with Crippen molar-refractivity contribution in [3.8, 4) is 0 Å². The Hall–Kier alpha value is 0.280. The van der Waals surface area contributed by atoms with Gasteiger partial charge in [0, 0.05) is 5.25 Å². The summed E-state index contributed by atoms with van der Waals surface area (Å²) in [6.45, 7) is 0. The van der Waals surface area contributed by atoms with Crippen LogP contribution in [-0.2, 0) is 0 Å². The molecule has 1 rings (SSSR count). The molecule has 0 heterocycles. The van der Waals surface area contributed by atoms with Gasteiger partial charge in [0.05, 0.1) is 0 Å². The molecule has 1 aliphatic rings. The van der Waals surface area contributed by atoms with Gasteiger partial charge in [-0.3, -0.25) is 0 Å². The first-order chi connectivity index (χ1) is 2.84.